The monoisotopic (exact) mass is 473 g/mol. The second-order valence-electron chi connectivity index (χ2n) is 6.73. The summed E-state index contributed by atoms with van der Waals surface area (Å²) in [5.74, 6) is -0.104. The second kappa shape index (κ2) is 9.53. The first-order valence-corrected chi connectivity index (χ1v) is 10.7. The number of halogens is 1. The third kappa shape index (κ3) is 4.64. The highest BCUT2D eigenvalue weighted by Gasteiger charge is 2.25. The summed E-state index contributed by atoms with van der Waals surface area (Å²) in [5.41, 5.74) is 4.17. The van der Waals surface area contributed by atoms with Crippen molar-refractivity contribution >= 4 is 33.4 Å². The molecule has 0 radical (unpaired) electrons. The van der Waals surface area contributed by atoms with E-state index in [0.29, 0.717) is 22.6 Å². The first-order chi connectivity index (χ1) is 15.2. The van der Waals surface area contributed by atoms with Crippen LogP contribution in [0.5, 0.6) is 0 Å². The van der Waals surface area contributed by atoms with E-state index >= 15 is 0 Å². The number of carbonyl (C=O) groups is 1. The molecule has 154 valence electrons. The fraction of sp³-hybridized carbons (Fsp3) is 0.0800. The highest BCUT2D eigenvalue weighted by molar-refractivity contribution is 9.10. The topological polar surface area (TPSA) is 64.1 Å². The standard InChI is InChI=1S/C25H20BrN3O2/c1-2-31-25(30)22-21(17-9-5-3-6-10-17)23(18-11-7-4-8-12-18)28-29-24(22)27-20-15-13-19(26)14-16-20/h3-16H,2H2,1H3,(H,27,29). The Labute approximate surface area is 189 Å². The second-order valence-corrected chi connectivity index (χ2v) is 7.65. The highest BCUT2D eigenvalue weighted by atomic mass is 79.9. The minimum absolute atomic E-state index is 0.258. The molecular formula is C25H20BrN3O2. The van der Waals surface area contributed by atoms with Gasteiger partial charge in [0, 0.05) is 21.3 Å². The average Bonchev–Trinajstić information content (AvgIpc) is 2.81. The molecule has 0 saturated heterocycles. The largest absolute Gasteiger partial charge is 0.462 e. The molecule has 0 fully saturated rings. The molecule has 0 unspecified atom stereocenters. The molecule has 4 rings (SSSR count). The van der Waals surface area contributed by atoms with E-state index < -0.39 is 5.97 Å². The number of nitrogens with one attached hydrogen (secondary N) is 1. The van der Waals surface area contributed by atoms with Crippen molar-refractivity contribution in [3.8, 4) is 22.4 Å². The molecule has 4 aromatic rings. The number of hydrogen-bond donors (Lipinski definition) is 1. The van der Waals surface area contributed by atoms with E-state index in [1.807, 2.05) is 84.9 Å². The average molecular weight is 474 g/mol. The van der Waals surface area contributed by atoms with Crippen LogP contribution in [0.3, 0.4) is 0 Å². The predicted octanol–water partition coefficient (Wildman–Crippen LogP) is 6.49. The highest BCUT2D eigenvalue weighted by Crippen LogP contribution is 2.37. The maximum absolute atomic E-state index is 13.2. The van der Waals surface area contributed by atoms with Crippen LogP contribution < -0.4 is 5.32 Å². The summed E-state index contributed by atoms with van der Waals surface area (Å²) in [6.45, 7) is 2.04. The van der Waals surface area contributed by atoms with Crippen molar-refractivity contribution in [3.05, 3.63) is 95.0 Å². The van der Waals surface area contributed by atoms with Gasteiger partial charge in [-0.05, 0) is 36.8 Å². The van der Waals surface area contributed by atoms with Crippen molar-refractivity contribution in [2.24, 2.45) is 0 Å². The number of nitrogens with zero attached hydrogens (tertiary/aromatic N) is 2. The third-order valence-corrected chi connectivity index (χ3v) is 5.20. The molecule has 0 saturated carbocycles. The van der Waals surface area contributed by atoms with Gasteiger partial charge in [0.2, 0.25) is 0 Å². The first-order valence-electron chi connectivity index (χ1n) is 9.88. The fourth-order valence-corrected chi connectivity index (χ4v) is 3.54. The lowest BCUT2D eigenvalue weighted by Crippen LogP contribution is -2.13. The van der Waals surface area contributed by atoms with Gasteiger partial charge in [-0.3, -0.25) is 0 Å². The van der Waals surface area contributed by atoms with Gasteiger partial charge >= 0.3 is 5.97 Å². The molecule has 0 amide bonds. The Balaban J connectivity index is 1.96. The maximum Gasteiger partial charge on any atom is 0.342 e. The molecule has 0 bridgehead atoms. The van der Waals surface area contributed by atoms with E-state index in [1.54, 1.807) is 6.92 Å². The Morgan fingerprint density at radius 1 is 0.871 bits per heavy atom. The molecule has 5 nitrogen and oxygen atoms in total. The van der Waals surface area contributed by atoms with Gasteiger partial charge in [0.25, 0.3) is 0 Å². The SMILES string of the molecule is CCOC(=O)c1c(Nc2ccc(Br)cc2)nnc(-c2ccccc2)c1-c1ccccc1. The molecule has 0 spiro atoms. The molecule has 0 atom stereocenters. The van der Waals surface area contributed by atoms with Crippen LogP contribution in [0, 0.1) is 0 Å². The number of aromatic nitrogens is 2. The van der Waals surface area contributed by atoms with Gasteiger partial charge in [0.05, 0.1) is 6.61 Å². The number of esters is 1. The van der Waals surface area contributed by atoms with Crippen LogP contribution >= 0.6 is 15.9 Å². The molecule has 31 heavy (non-hydrogen) atoms. The smallest absolute Gasteiger partial charge is 0.342 e. The molecule has 1 aromatic heterocycles. The summed E-state index contributed by atoms with van der Waals surface area (Å²) in [5, 5.41) is 12.1. The van der Waals surface area contributed by atoms with E-state index in [1.165, 1.54) is 0 Å². The van der Waals surface area contributed by atoms with Crippen LogP contribution in [-0.4, -0.2) is 22.8 Å². The number of ether oxygens (including phenoxy) is 1. The normalized spacial score (nSPS) is 10.5. The van der Waals surface area contributed by atoms with E-state index in [9.17, 15) is 4.79 Å². The Bertz CT molecular complexity index is 1180. The predicted molar refractivity (Wildman–Crippen MR) is 126 cm³/mol. The maximum atomic E-state index is 13.2. The lowest BCUT2D eigenvalue weighted by atomic mass is 9.95. The Morgan fingerprint density at radius 3 is 2.10 bits per heavy atom. The minimum Gasteiger partial charge on any atom is -0.462 e. The number of anilines is 2. The van der Waals surface area contributed by atoms with Gasteiger partial charge in [-0.2, -0.15) is 0 Å². The zero-order chi connectivity index (χ0) is 21.6. The summed E-state index contributed by atoms with van der Waals surface area (Å²) < 4.78 is 6.38. The van der Waals surface area contributed by atoms with Crippen molar-refractivity contribution in [3.63, 3.8) is 0 Å². The molecule has 1 heterocycles. The molecular weight excluding hydrogens is 454 g/mol. The Kier molecular flexibility index (Phi) is 6.38. The molecule has 0 aliphatic carbocycles. The Morgan fingerprint density at radius 2 is 1.48 bits per heavy atom. The van der Waals surface area contributed by atoms with E-state index in [4.69, 9.17) is 4.74 Å². The van der Waals surface area contributed by atoms with Crippen LogP contribution in [0.15, 0.2) is 89.4 Å². The van der Waals surface area contributed by atoms with Crippen molar-refractivity contribution in [1.82, 2.24) is 10.2 Å². The zero-order valence-electron chi connectivity index (χ0n) is 16.9. The van der Waals surface area contributed by atoms with Gasteiger partial charge in [-0.15, -0.1) is 10.2 Å². The fourth-order valence-electron chi connectivity index (χ4n) is 3.28. The summed E-state index contributed by atoms with van der Waals surface area (Å²) in [4.78, 5) is 13.2. The summed E-state index contributed by atoms with van der Waals surface area (Å²) in [6.07, 6.45) is 0. The number of hydrogen-bond acceptors (Lipinski definition) is 5. The summed E-state index contributed by atoms with van der Waals surface area (Å²) >= 11 is 3.44. The quantitative estimate of drug-likeness (QED) is 0.324. The summed E-state index contributed by atoms with van der Waals surface area (Å²) in [6, 6.07) is 27.0. The van der Waals surface area contributed by atoms with Gasteiger partial charge in [0.1, 0.15) is 11.3 Å². The summed E-state index contributed by atoms with van der Waals surface area (Å²) in [7, 11) is 0. The van der Waals surface area contributed by atoms with Gasteiger partial charge < -0.3 is 10.1 Å². The molecule has 6 heteroatoms. The lowest BCUT2D eigenvalue weighted by molar-refractivity contribution is 0.0528. The number of benzene rings is 3. The van der Waals surface area contributed by atoms with Crippen molar-refractivity contribution < 1.29 is 9.53 Å². The van der Waals surface area contributed by atoms with Gasteiger partial charge in [-0.1, -0.05) is 76.6 Å². The van der Waals surface area contributed by atoms with Crippen LogP contribution in [0.2, 0.25) is 0 Å². The zero-order valence-corrected chi connectivity index (χ0v) is 18.5. The van der Waals surface area contributed by atoms with Crippen LogP contribution in [-0.2, 0) is 4.74 Å². The minimum atomic E-state index is -0.451. The molecule has 1 N–H and O–H groups in total. The lowest BCUT2D eigenvalue weighted by Gasteiger charge is -2.17. The van der Waals surface area contributed by atoms with Crippen molar-refractivity contribution in [1.29, 1.82) is 0 Å². The molecule has 0 aliphatic heterocycles. The number of carbonyl (C=O) groups excluding carboxylic acids is 1. The van der Waals surface area contributed by atoms with E-state index in [-0.39, 0.29) is 6.61 Å². The van der Waals surface area contributed by atoms with Gasteiger partial charge in [0.15, 0.2) is 5.82 Å². The van der Waals surface area contributed by atoms with E-state index in [0.717, 1.165) is 21.3 Å². The number of rotatable bonds is 6. The van der Waals surface area contributed by atoms with Crippen LogP contribution in [0.25, 0.3) is 22.4 Å². The Hall–Kier alpha value is -3.51. The van der Waals surface area contributed by atoms with Crippen LogP contribution in [0.1, 0.15) is 17.3 Å². The van der Waals surface area contributed by atoms with Crippen LogP contribution in [0.4, 0.5) is 11.5 Å². The molecule has 0 aliphatic rings. The van der Waals surface area contributed by atoms with E-state index in [2.05, 4.69) is 31.4 Å². The first kappa shape index (κ1) is 20.8. The van der Waals surface area contributed by atoms with Gasteiger partial charge in [-0.25, -0.2) is 4.79 Å². The van der Waals surface area contributed by atoms with Crippen molar-refractivity contribution in [2.75, 3.05) is 11.9 Å². The third-order valence-electron chi connectivity index (χ3n) is 4.67. The van der Waals surface area contributed by atoms with Crippen molar-refractivity contribution in [2.45, 2.75) is 6.92 Å². The molecule has 3 aromatic carbocycles.